The second kappa shape index (κ2) is 5.80. The Kier molecular flexibility index (Phi) is 4.36. The van der Waals surface area contributed by atoms with Crippen LogP contribution in [-0.4, -0.2) is 55.7 Å². The van der Waals surface area contributed by atoms with E-state index >= 15 is 0 Å². The van der Waals surface area contributed by atoms with Crippen LogP contribution in [0.15, 0.2) is 0 Å². The van der Waals surface area contributed by atoms with Gasteiger partial charge in [-0.05, 0) is 32.2 Å². The molecule has 2 saturated heterocycles. The largest absolute Gasteiger partial charge is 0.370 e. The van der Waals surface area contributed by atoms with Gasteiger partial charge >= 0.3 is 0 Å². The molecule has 0 spiro atoms. The number of hydrogen-bond acceptors (Lipinski definition) is 4. The van der Waals surface area contributed by atoms with Crippen molar-refractivity contribution in [3.05, 3.63) is 0 Å². The van der Waals surface area contributed by atoms with E-state index in [1.165, 1.54) is 26.5 Å². The van der Waals surface area contributed by atoms with Gasteiger partial charge in [0.25, 0.3) is 5.91 Å². The average Bonchev–Trinajstić information content (AvgIpc) is 2.77. The SMILES string of the molecule is COC(CN)C(=O)NC1CCN2CCCC2C1. The second-order valence-electron chi connectivity index (χ2n) is 5.02. The maximum atomic E-state index is 11.8. The number of amides is 1. The van der Waals surface area contributed by atoms with E-state index in [-0.39, 0.29) is 12.5 Å². The number of nitrogens with zero attached hydrogens (tertiary/aromatic N) is 1. The molecule has 0 aromatic heterocycles. The van der Waals surface area contributed by atoms with Gasteiger partial charge in [-0.2, -0.15) is 0 Å². The third kappa shape index (κ3) is 2.97. The van der Waals surface area contributed by atoms with Crippen LogP contribution >= 0.6 is 0 Å². The minimum atomic E-state index is -0.503. The van der Waals surface area contributed by atoms with Crippen molar-refractivity contribution in [2.45, 2.75) is 43.9 Å². The molecule has 0 radical (unpaired) electrons. The van der Waals surface area contributed by atoms with Gasteiger partial charge in [0.1, 0.15) is 6.10 Å². The molecule has 0 saturated carbocycles. The second-order valence-corrected chi connectivity index (χ2v) is 5.02. The van der Waals surface area contributed by atoms with E-state index in [4.69, 9.17) is 10.5 Å². The number of piperidine rings is 1. The molecule has 2 fully saturated rings. The van der Waals surface area contributed by atoms with E-state index in [9.17, 15) is 4.79 Å². The lowest BCUT2D eigenvalue weighted by Gasteiger charge is -2.35. The molecule has 0 aromatic carbocycles. The molecule has 3 atom stereocenters. The Morgan fingerprint density at radius 3 is 3.06 bits per heavy atom. The van der Waals surface area contributed by atoms with E-state index in [1.807, 2.05) is 0 Å². The predicted molar refractivity (Wildman–Crippen MR) is 65.6 cm³/mol. The zero-order chi connectivity index (χ0) is 12.3. The molecule has 0 bridgehead atoms. The molecular weight excluding hydrogens is 218 g/mol. The molecule has 0 aromatic rings. The number of hydrogen-bond donors (Lipinski definition) is 2. The zero-order valence-corrected chi connectivity index (χ0v) is 10.5. The predicted octanol–water partition coefficient (Wildman–Crippen LogP) is -0.297. The smallest absolute Gasteiger partial charge is 0.250 e. The fourth-order valence-corrected chi connectivity index (χ4v) is 2.96. The van der Waals surface area contributed by atoms with E-state index in [1.54, 1.807) is 0 Å². The molecule has 98 valence electrons. The van der Waals surface area contributed by atoms with E-state index in [0.29, 0.717) is 12.1 Å². The van der Waals surface area contributed by atoms with Crippen molar-refractivity contribution in [1.29, 1.82) is 0 Å². The van der Waals surface area contributed by atoms with Gasteiger partial charge in [-0.3, -0.25) is 4.79 Å². The van der Waals surface area contributed by atoms with Crippen molar-refractivity contribution in [2.75, 3.05) is 26.7 Å². The first-order valence-corrected chi connectivity index (χ1v) is 6.52. The number of rotatable bonds is 4. The topological polar surface area (TPSA) is 67.6 Å². The van der Waals surface area contributed by atoms with E-state index in [0.717, 1.165) is 19.4 Å². The van der Waals surface area contributed by atoms with E-state index < -0.39 is 6.10 Å². The fraction of sp³-hybridized carbons (Fsp3) is 0.917. The summed E-state index contributed by atoms with van der Waals surface area (Å²) in [5.74, 6) is -0.0635. The molecule has 1 amide bonds. The molecule has 5 nitrogen and oxygen atoms in total. The summed E-state index contributed by atoms with van der Waals surface area (Å²) in [6.07, 6.45) is 4.19. The number of ether oxygens (including phenoxy) is 1. The van der Waals surface area contributed by atoms with Crippen LogP contribution in [0, 0.1) is 0 Å². The summed E-state index contributed by atoms with van der Waals surface area (Å²) in [4.78, 5) is 14.4. The van der Waals surface area contributed by atoms with Crippen LogP contribution in [0.3, 0.4) is 0 Å². The first-order valence-electron chi connectivity index (χ1n) is 6.52. The van der Waals surface area contributed by atoms with Crippen LogP contribution in [0.4, 0.5) is 0 Å². The molecule has 2 aliphatic rings. The maximum Gasteiger partial charge on any atom is 0.250 e. The van der Waals surface area contributed by atoms with Crippen LogP contribution < -0.4 is 11.1 Å². The van der Waals surface area contributed by atoms with Gasteiger partial charge in [-0.1, -0.05) is 0 Å². The van der Waals surface area contributed by atoms with Crippen LogP contribution in [-0.2, 0) is 9.53 Å². The highest BCUT2D eigenvalue weighted by Gasteiger charge is 2.32. The quantitative estimate of drug-likeness (QED) is 0.709. The fourth-order valence-electron chi connectivity index (χ4n) is 2.96. The van der Waals surface area contributed by atoms with Crippen molar-refractivity contribution < 1.29 is 9.53 Å². The Morgan fingerprint density at radius 2 is 2.35 bits per heavy atom. The minimum absolute atomic E-state index is 0.0635. The zero-order valence-electron chi connectivity index (χ0n) is 10.5. The number of carbonyl (C=O) groups excluding carboxylic acids is 1. The third-order valence-corrected chi connectivity index (χ3v) is 3.96. The van der Waals surface area contributed by atoms with Crippen LogP contribution in [0.5, 0.6) is 0 Å². The Morgan fingerprint density at radius 1 is 1.53 bits per heavy atom. The van der Waals surface area contributed by atoms with Gasteiger partial charge in [-0.15, -0.1) is 0 Å². The summed E-state index contributed by atoms with van der Waals surface area (Å²) in [6.45, 7) is 2.58. The standard InChI is InChI=1S/C12H23N3O2/c1-17-11(8-13)12(16)14-9-4-6-15-5-2-3-10(15)7-9/h9-11H,2-8,13H2,1H3,(H,14,16). The number of fused-ring (bicyclic) bond motifs is 1. The summed E-state index contributed by atoms with van der Waals surface area (Å²) in [5.41, 5.74) is 5.48. The molecule has 3 unspecified atom stereocenters. The lowest BCUT2D eigenvalue weighted by Crippen LogP contribution is -2.51. The van der Waals surface area contributed by atoms with Gasteiger partial charge in [0.15, 0.2) is 0 Å². The Hall–Kier alpha value is -0.650. The van der Waals surface area contributed by atoms with Crippen molar-refractivity contribution in [3.8, 4) is 0 Å². The van der Waals surface area contributed by atoms with Crippen molar-refractivity contribution in [2.24, 2.45) is 5.73 Å². The summed E-state index contributed by atoms with van der Waals surface area (Å²) < 4.78 is 5.04. The molecule has 17 heavy (non-hydrogen) atoms. The third-order valence-electron chi connectivity index (χ3n) is 3.96. The summed E-state index contributed by atoms with van der Waals surface area (Å²) in [6, 6.07) is 0.971. The molecule has 5 heteroatoms. The Bertz CT molecular complexity index is 268. The van der Waals surface area contributed by atoms with Crippen LogP contribution in [0.1, 0.15) is 25.7 Å². The highest BCUT2D eigenvalue weighted by Crippen LogP contribution is 2.26. The molecule has 3 N–H and O–H groups in total. The molecule has 2 heterocycles. The van der Waals surface area contributed by atoms with Gasteiger partial charge in [-0.25, -0.2) is 0 Å². The van der Waals surface area contributed by atoms with Crippen molar-refractivity contribution >= 4 is 5.91 Å². The van der Waals surface area contributed by atoms with Crippen molar-refractivity contribution in [3.63, 3.8) is 0 Å². The maximum absolute atomic E-state index is 11.8. The Labute approximate surface area is 103 Å². The molecular formula is C12H23N3O2. The van der Waals surface area contributed by atoms with Crippen LogP contribution in [0.2, 0.25) is 0 Å². The normalized spacial score (nSPS) is 30.9. The molecule has 2 rings (SSSR count). The average molecular weight is 241 g/mol. The van der Waals surface area contributed by atoms with Gasteiger partial charge in [0, 0.05) is 32.3 Å². The van der Waals surface area contributed by atoms with Gasteiger partial charge in [0.05, 0.1) is 0 Å². The monoisotopic (exact) mass is 241 g/mol. The number of nitrogens with one attached hydrogen (secondary N) is 1. The minimum Gasteiger partial charge on any atom is -0.370 e. The highest BCUT2D eigenvalue weighted by atomic mass is 16.5. The first kappa shape index (κ1) is 12.8. The summed E-state index contributed by atoms with van der Waals surface area (Å²) in [7, 11) is 1.52. The summed E-state index contributed by atoms with van der Waals surface area (Å²) >= 11 is 0. The first-order chi connectivity index (χ1) is 8.24. The number of nitrogens with two attached hydrogens (primary N) is 1. The lowest BCUT2D eigenvalue weighted by molar-refractivity contribution is -0.131. The summed E-state index contributed by atoms with van der Waals surface area (Å²) in [5, 5.41) is 3.06. The van der Waals surface area contributed by atoms with Gasteiger partial charge in [0.2, 0.25) is 0 Å². The highest BCUT2D eigenvalue weighted by molar-refractivity contribution is 5.81. The Balaban J connectivity index is 1.81. The number of methoxy groups -OCH3 is 1. The van der Waals surface area contributed by atoms with Gasteiger partial charge < -0.3 is 20.7 Å². The number of carbonyl (C=O) groups is 1. The lowest BCUT2D eigenvalue weighted by atomic mass is 9.97. The molecule has 0 aliphatic carbocycles. The van der Waals surface area contributed by atoms with E-state index in [2.05, 4.69) is 10.2 Å². The van der Waals surface area contributed by atoms with Crippen molar-refractivity contribution in [1.82, 2.24) is 10.2 Å². The molecule has 2 aliphatic heterocycles. The van der Waals surface area contributed by atoms with Crippen LogP contribution in [0.25, 0.3) is 0 Å².